The molecular formula is C24H17N3O2. The van der Waals surface area contributed by atoms with E-state index >= 15 is 0 Å². The molecule has 4 aromatic rings. The van der Waals surface area contributed by atoms with Crippen molar-refractivity contribution in [1.29, 1.82) is 0 Å². The lowest BCUT2D eigenvalue weighted by molar-refractivity contribution is -0.110. The molecule has 5 nitrogen and oxygen atoms in total. The number of rotatable bonds is 4. The van der Waals surface area contributed by atoms with Gasteiger partial charge in [0.25, 0.3) is 5.91 Å². The van der Waals surface area contributed by atoms with Crippen LogP contribution < -0.4 is 15.4 Å². The molecule has 3 aromatic carbocycles. The van der Waals surface area contributed by atoms with Crippen molar-refractivity contribution in [2.75, 3.05) is 10.6 Å². The van der Waals surface area contributed by atoms with E-state index in [1.54, 1.807) is 12.4 Å². The number of anilines is 2. The number of para-hydroxylation sites is 1. The predicted octanol–water partition coefficient (Wildman–Crippen LogP) is 5.43. The topological polar surface area (TPSA) is 63.2 Å². The summed E-state index contributed by atoms with van der Waals surface area (Å²) in [5.41, 5.74) is 3.98. The summed E-state index contributed by atoms with van der Waals surface area (Å²) in [6.45, 7) is 0. The Bertz CT molecular complexity index is 1230. The maximum Gasteiger partial charge on any atom is 0.257 e. The fourth-order valence-corrected chi connectivity index (χ4v) is 3.39. The Morgan fingerprint density at radius 3 is 2.48 bits per heavy atom. The number of pyridine rings is 1. The summed E-state index contributed by atoms with van der Waals surface area (Å²) < 4.78 is 5.81. The van der Waals surface area contributed by atoms with Crippen molar-refractivity contribution in [2.24, 2.45) is 0 Å². The van der Waals surface area contributed by atoms with Crippen LogP contribution in [0.25, 0.3) is 16.5 Å². The molecule has 0 fully saturated rings. The van der Waals surface area contributed by atoms with Crippen LogP contribution in [0, 0.1) is 0 Å². The molecule has 29 heavy (non-hydrogen) atoms. The van der Waals surface area contributed by atoms with Crippen LogP contribution in [-0.4, -0.2) is 10.9 Å². The monoisotopic (exact) mass is 379 g/mol. The summed E-state index contributed by atoms with van der Waals surface area (Å²) in [4.78, 5) is 16.9. The first-order chi connectivity index (χ1) is 14.3. The first-order valence-corrected chi connectivity index (χ1v) is 9.27. The summed E-state index contributed by atoms with van der Waals surface area (Å²) in [5.74, 6) is 1.40. The minimum atomic E-state index is -0.132. The van der Waals surface area contributed by atoms with Gasteiger partial charge in [0, 0.05) is 34.7 Å². The van der Waals surface area contributed by atoms with Crippen LogP contribution in [0.2, 0.25) is 0 Å². The van der Waals surface area contributed by atoms with Gasteiger partial charge in [-0.05, 0) is 54.6 Å². The van der Waals surface area contributed by atoms with Crippen molar-refractivity contribution in [1.82, 2.24) is 4.98 Å². The largest absolute Gasteiger partial charge is 0.457 e. The molecule has 5 rings (SSSR count). The van der Waals surface area contributed by atoms with Crippen LogP contribution in [0.4, 0.5) is 11.4 Å². The van der Waals surface area contributed by atoms with Gasteiger partial charge in [0.1, 0.15) is 11.5 Å². The number of fused-ring (bicyclic) bond motifs is 3. The molecule has 1 aromatic heterocycles. The van der Waals surface area contributed by atoms with Crippen molar-refractivity contribution in [3.05, 3.63) is 96.8 Å². The van der Waals surface area contributed by atoms with Crippen LogP contribution in [-0.2, 0) is 4.79 Å². The van der Waals surface area contributed by atoms with E-state index in [0.717, 1.165) is 39.3 Å². The predicted molar refractivity (Wildman–Crippen MR) is 115 cm³/mol. The molecular weight excluding hydrogens is 362 g/mol. The molecule has 0 saturated carbocycles. The van der Waals surface area contributed by atoms with E-state index in [1.165, 1.54) is 0 Å². The molecule has 1 aliphatic rings. The van der Waals surface area contributed by atoms with Gasteiger partial charge in [-0.15, -0.1) is 0 Å². The van der Waals surface area contributed by atoms with Crippen molar-refractivity contribution in [2.45, 2.75) is 0 Å². The number of carbonyl (C=O) groups is 1. The summed E-state index contributed by atoms with van der Waals surface area (Å²) >= 11 is 0. The Balaban J connectivity index is 1.40. The zero-order valence-electron chi connectivity index (χ0n) is 15.4. The third-order valence-corrected chi connectivity index (χ3v) is 4.76. The Hall–Kier alpha value is -4.12. The SMILES string of the molecule is O=C1Nc2ccc3ncccc3c2C1=CNc1ccc(Oc2ccccc2)cc1. The molecule has 140 valence electrons. The number of benzene rings is 3. The third kappa shape index (κ3) is 3.30. The molecule has 1 amide bonds. The molecule has 5 heteroatoms. The lowest BCUT2D eigenvalue weighted by atomic mass is 10.0. The van der Waals surface area contributed by atoms with Crippen LogP contribution in [0.1, 0.15) is 5.56 Å². The fraction of sp³-hybridized carbons (Fsp3) is 0. The summed E-state index contributed by atoms with van der Waals surface area (Å²) in [7, 11) is 0. The maximum absolute atomic E-state index is 12.5. The minimum Gasteiger partial charge on any atom is -0.457 e. The van der Waals surface area contributed by atoms with E-state index in [9.17, 15) is 4.79 Å². The number of ether oxygens (including phenoxy) is 1. The molecule has 0 radical (unpaired) electrons. The number of amides is 1. The van der Waals surface area contributed by atoms with Gasteiger partial charge in [0.15, 0.2) is 0 Å². The molecule has 0 unspecified atom stereocenters. The average Bonchev–Trinajstić information content (AvgIpc) is 3.09. The maximum atomic E-state index is 12.5. The van der Waals surface area contributed by atoms with E-state index in [1.807, 2.05) is 78.9 Å². The van der Waals surface area contributed by atoms with Crippen LogP contribution >= 0.6 is 0 Å². The standard InChI is InChI=1S/C24H17N3O2/c28-24-20(23-19-7-4-14-25-21(19)12-13-22(23)27-24)15-26-16-8-10-18(11-9-16)29-17-5-2-1-3-6-17/h1-15,26H,(H,27,28). The van der Waals surface area contributed by atoms with E-state index in [0.29, 0.717) is 5.57 Å². The van der Waals surface area contributed by atoms with E-state index < -0.39 is 0 Å². The number of nitrogens with zero attached hydrogens (tertiary/aromatic N) is 1. The Labute approximate surface area is 167 Å². The smallest absolute Gasteiger partial charge is 0.257 e. The quantitative estimate of drug-likeness (QED) is 0.464. The highest BCUT2D eigenvalue weighted by Gasteiger charge is 2.26. The Kier molecular flexibility index (Phi) is 4.18. The summed E-state index contributed by atoms with van der Waals surface area (Å²) in [5, 5.41) is 7.08. The zero-order valence-corrected chi connectivity index (χ0v) is 15.4. The van der Waals surface area contributed by atoms with E-state index in [-0.39, 0.29) is 5.91 Å². The molecule has 0 atom stereocenters. The number of carbonyl (C=O) groups excluding carboxylic acids is 1. The number of nitrogens with one attached hydrogen (secondary N) is 2. The van der Waals surface area contributed by atoms with Gasteiger partial charge in [0.05, 0.1) is 11.1 Å². The van der Waals surface area contributed by atoms with Gasteiger partial charge < -0.3 is 15.4 Å². The molecule has 2 N–H and O–H groups in total. The first kappa shape index (κ1) is 17.0. The first-order valence-electron chi connectivity index (χ1n) is 9.27. The lowest BCUT2D eigenvalue weighted by Crippen LogP contribution is -2.05. The second-order valence-corrected chi connectivity index (χ2v) is 6.65. The van der Waals surface area contributed by atoms with Gasteiger partial charge in [-0.25, -0.2) is 0 Å². The number of hydrogen-bond donors (Lipinski definition) is 2. The number of aromatic nitrogens is 1. The number of hydrogen-bond acceptors (Lipinski definition) is 4. The van der Waals surface area contributed by atoms with E-state index in [4.69, 9.17) is 4.74 Å². The van der Waals surface area contributed by atoms with Gasteiger partial charge in [-0.1, -0.05) is 24.3 Å². The average molecular weight is 379 g/mol. The molecule has 0 bridgehead atoms. The summed E-state index contributed by atoms with van der Waals surface area (Å²) in [6.07, 6.45) is 3.49. The highest BCUT2D eigenvalue weighted by atomic mass is 16.5. The van der Waals surface area contributed by atoms with Crippen LogP contribution in [0.15, 0.2) is 91.3 Å². The molecule has 0 spiro atoms. The van der Waals surface area contributed by atoms with E-state index in [2.05, 4.69) is 15.6 Å². The highest BCUT2D eigenvalue weighted by molar-refractivity contribution is 6.34. The van der Waals surface area contributed by atoms with Crippen molar-refractivity contribution >= 4 is 33.8 Å². The second-order valence-electron chi connectivity index (χ2n) is 6.65. The van der Waals surface area contributed by atoms with Gasteiger partial charge in [-0.2, -0.15) is 0 Å². The highest BCUT2D eigenvalue weighted by Crippen LogP contribution is 2.37. The van der Waals surface area contributed by atoms with Gasteiger partial charge in [0.2, 0.25) is 0 Å². The molecule has 1 aliphatic heterocycles. The zero-order chi connectivity index (χ0) is 19.6. The Morgan fingerprint density at radius 1 is 0.862 bits per heavy atom. The Morgan fingerprint density at radius 2 is 1.66 bits per heavy atom. The van der Waals surface area contributed by atoms with Crippen LogP contribution in [0.5, 0.6) is 11.5 Å². The van der Waals surface area contributed by atoms with Crippen LogP contribution in [0.3, 0.4) is 0 Å². The lowest BCUT2D eigenvalue weighted by Gasteiger charge is -2.08. The van der Waals surface area contributed by atoms with Crippen molar-refractivity contribution in [3.8, 4) is 11.5 Å². The van der Waals surface area contributed by atoms with Crippen molar-refractivity contribution in [3.63, 3.8) is 0 Å². The minimum absolute atomic E-state index is 0.132. The fourth-order valence-electron chi connectivity index (χ4n) is 3.39. The normalized spacial score (nSPS) is 13.9. The van der Waals surface area contributed by atoms with Gasteiger partial charge in [-0.3, -0.25) is 9.78 Å². The summed E-state index contributed by atoms with van der Waals surface area (Å²) in [6, 6.07) is 24.9. The van der Waals surface area contributed by atoms with Crippen molar-refractivity contribution < 1.29 is 9.53 Å². The van der Waals surface area contributed by atoms with Gasteiger partial charge >= 0.3 is 0 Å². The molecule has 0 aliphatic carbocycles. The second kappa shape index (κ2) is 7.13. The molecule has 0 saturated heterocycles. The third-order valence-electron chi connectivity index (χ3n) is 4.76. The molecule has 2 heterocycles.